The van der Waals surface area contributed by atoms with E-state index in [1.54, 1.807) is 0 Å². The second-order valence-corrected chi connectivity index (χ2v) is 3.05. The predicted molar refractivity (Wildman–Crippen MR) is 44.2 cm³/mol. The van der Waals surface area contributed by atoms with Gasteiger partial charge in [-0.1, -0.05) is 0 Å². The third-order valence-corrected chi connectivity index (χ3v) is 1.63. The summed E-state index contributed by atoms with van der Waals surface area (Å²) in [6, 6.07) is 0. The van der Waals surface area contributed by atoms with Gasteiger partial charge in [0.25, 0.3) is 0 Å². The third-order valence-electron chi connectivity index (χ3n) is 1.63. The normalized spacial score (nSPS) is 13.1. The molecule has 0 saturated carbocycles. The number of carbonyl (C=O) groups excluding carboxylic acids is 3. The molecule has 0 bridgehead atoms. The fourth-order valence-electron chi connectivity index (χ4n) is 0.908. The molecule has 101 valence electrons. The molecule has 0 aliphatic heterocycles. The van der Waals surface area contributed by atoms with E-state index in [1.807, 2.05) is 0 Å². The number of esters is 1. The average molecular weight is 341 g/mol. The summed E-state index contributed by atoms with van der Waals surface area (Å²) in [7, 11) is 0. The Bertz CT molecular complexity index is 296. The van der Waals surface area contributed by atoms with E-state index in [9.17, 15) is 29.7 Å². The van der Waals surface area contributed by atoms with Gasteiger partial charge in [-0.15, -0.1) is 0 Å². The number of carboxylic acid groups (broad SMARTS) is 2. The monoisotopic (exact) mass is 340 g/mol. The second-order valence-electron chi connectivity index (χ2n) is 3.05. The Morgan fingerprint density at radius 2 is 1.76 bits per heavy atom. The topological polar surface area (TPSA) is 153 Å². The van der Waals surface area contributed by atoms with Gasteiger partial charge in [0.05, 0.1) is 12.4 Å². The Kier molecular flexibility index (Phi) is 8.90. The summed E-state index contributed by atoms with van der Waals surface area (Å²) in [5.74, 6) is -4.99. The van der Waals surface area contributed by atoms with Crippen LogP contribution in [0.25, 0.3) is 0 Å². The van der Waals surface area contributed by atoms with E-state index < -0.39 is 36.4 Å². The number of carbonyl (C=O) groups is 3. The molecule has 1 radical (unpaired) electrons. The summed E-state index contributed by atoms with van der Waals surface area (Å²) in [4.78, 5) is 31.6. The fourth-order valence-corrected chi connectivity index (χ4v) is 0.908. The van der Waals surface area contributed by atoms with Crippen molar-refractivity contribution < 1.29 is 56.8 Å². The number of aliphatic carboxylic acids is 2. The molecule has 0 aliphatic rings. The molecular weight excluding hydrogens is 330 g/mol. The molecule has 9 heteroatoms. The zero-order chi connectivity index (χ0) is 12.8. The second kappa shape index (κ2) is 8.20. The summed E-state index contributed by atoms with van der Waals surface area (Å²) in [5.41, 5.74) is 2.18. The van der Waals surface area contributed by atoms with E-state index >= 15 is 0 Å². The van der Waals surface area contributed by atoms with Crippen LogP contribution in [-0.4, -0.2) is 41.8 Å². The van der Waals surface area contributed by atoms with Crippen molar-refractivity contribution in [3.05, 3.63) is 0 Å². The van der Waals surface area contributed by atoms with Crippen LogP contribution in [0.4, 0.5) is 0 Å². The molecule has 0 aromatic rings. The van der Waals surface area contributed by atoms with Crippen molar-refractivity contribution in [2.24, 2.45) is 5.73 Å². The van der Waals surface area contributed by atoms with Gasteiger partial charge in [0, 0.05) is 18.9 Å². The van der Waals surface area contributed by atoms with Crippen molar-refractivity contribution in [3.63, 3.8) is 0 Å². The van der Waals surface area contributed by atoms with Crippen molar-refractivity contribution in [2.45, 2.75) is 18.4 Å². The zero-order valence-corrected chi connectivity index (χ0v) is 10.1. The molecule has 3 N–H and O–H groups in total. The fraction of sp³-hybridized carbons (Fsp3) is 0.625. The standard InChI is InChI=1S/C8H13NO7.Ag/c9-1-2-16-6(12)4-8(15,7(13)14)3-5(10)11;/h15H,1-4,9H2,(H,10,11)(H,13,14);/q;+2/p-2. The van der Waals surface area contributed by atoms with Gasteiger partial charge in [0.1, 0.15) is 12.2 Å². The van der Waals surface area contributed by atoms with Gasteiger partial charge >= 0.3 is 28.3 Å². The van der Waals surface area contributed by atoms with Gasteiger partial charge in [-0.2, -0.15) is 0 Å². The summed E-state index contributed by atoms with van der Waals surface area (Å²) in [6.45, 7) is -0.136. The van der Waals surface area contributed by atoms with Crippen LogP contribution in [0.5, 0.6) is 0 Å². The van der Waals surface area contributed by atoms with Crippen LogP contribution in [-0.2, 0) is 41.5 Å². The van der Waals surface area contributed by atoms with Gasteiger partial charge in [0.15, 0.2) is 0 Å². The first-order valence-electron chi connectivity index (χ1n) is 4.31. The number of ether oxygens (including phenoxy) is 1. The smallest absolute Gasteiger partial charge is 0.550 e. The Labute approximate surface area is 112 Å². The van der Waals surface area contributed by atoms with Gasteiger partial charge < -0.3 is 35.4 Å². The Balaban J connectivity index is 0. The predicted octanol–water partition coefficient (Wildman–Crippen LogP) is -4.50. The largest absolute Gasteiger partial charge is 2.00 e. The number of aliphatic hydroxyl groups is 1. The zero-order valence-electron chi connectivity index (χ0n) is 8.60. The molecule has 0 aliphatic carbocycles. The van der Waals surface area contributed by atoms with Crippen molar-refractivity contribution >= 4 is 17.9 Å². The number of hydrogen-bond acceptors (Lipinski definition) is 8. The maximum absolute atomic E-state index is 11.0. The first kappa shape index (κ1) is 18.4. The molecular formula is C8H11AgNO7. The summed E-state index contributed by atoms with van der Waals surface area (Å²) in [6.07, 6.45) is -2.30. The summed E-state index contributed by atoms with van der Waals surface area (Å²) in [5, 5.41) is 30.0. The summed E-state index contributed by atoms with van der Waals surface area (Å²) < 4.78 is 4.39. The average Bonchev–Trinajstić information content (AvgIpc) is 2.12. The maximum atomic E-state index is 11.0. The molecule has 1 atom stereocenters. The van der Waals surface area contributed by atoms with E-state index in [4.69, 9.17) is 5.73 Å². The van der Waals surface area contributed by atoms with Gasteiger partial charge in [-0.3, -0.25) is 4.79 Å². The van der Waals surface area contributed by atoms with Gasteiger partial charge in [0.2, 0.25) is 0 Å². The van der Waals surface area contributed by atoms with Gasteiger partial charge in [-0.05, 0) is 0 Å². The molecule has 17 heavy (non-hydrogen) atoms. The Morgan fingerprint density at radius 3 is 2.12 bits per heavy atom. The minimum absolute atomic E-state index is 0. The molecule has 0 amide bonds. The number of hydrogen-bond donors (Lipinski definition) is 2. The van der Waals surface area contributed by atoms with Crippen LogP contribution >= 0.6 is 0 Å². The SMILES string of the molecule is NCCOC(=O)CC(O)(CC(=O)[O-])C(=O)[O-].[Ag+2]. The minimum Gasteiger partial charge on any atom is -0.550 e. The van der Waals surface area contributed by atoms with Crippen molar-refractivity contribution in [1.29, 1.82) is 0 Å². The molecule has 0 aromatic heterocycles. The van der Waals surface area contributed by atoms with Crippen LogP contribution in [0.15, 0.2) is 0 Å². The quantitative estimate of drug-likeness (QED) is 0.347. The molecule has 0 saturated heterocycles. The van der Waals surface area contributed by atoms with Crippen molar-refractivity contribution in [3.8, 4) is 0 Å². The Hall–Kier alpha value is -0.930. The maximum Gasteiger partial charge on any atom is 2.00 e. The first-order valence-corrected chi connectivity index (χ1v) is 4.31. The summed E-state index contributed by atoms with van der Waals surface area (Å²) >= 11 is 0. The van der Waals surface area contributed by atoms with Crippen LogP contribution in [0, 0.1) is 0 Å². The number of nitrogens with two attached hydrogens (primary N) is 1. The first-order chi connectivity index (χ1) is 7.31. The van der Waals surface area contributed by atoms with Crippen LogP contribution in [0.2, 0.25) is 0 Å². The number of carboxylic acids is 2. The van der Waals surface area contributed by atoms with Gasteiger partial charge in [-0.25, -0.2) is 0 Å². The van der Waals surface area contributed by atoms with Crippen LogP contribution in [0.1, 0.15) is 12.8 Å². The van der Waals surface area contributed by atoms with E-state index in [0.717, 1.165) is 0 Å². The molecule has 1 unspecified atom stereocenters. The molecule has 0 spiro atoms. The van der Waals surface area contributed by atoms with Crippen LogP contribution in [0.3, 0.4) is 0 Å². The number of rotatable bonds is 7. The molecule has 0 aromatic carbocycles. The van der Waals surface area contributed by atoms with E-state index in [1.165, 1.54) is 0 Å². The Morgan fingerprint density at radius 1 is 1.24 bits per heavy atom. The molecule has 0 heterocycles. The molecule has 0 fully saturated rings. The van der Waals surface area contributed by atoms with Crippen LogP contribution < -0.4 is 15.9 Å². The van der Waals surface area contributed by atoms with E-state index in [-0.39, 0.29) is 35.5 Å². The van der Waals surface area contributed by atoms with Crippen molar-refractivity contribution in [2.75, 3.05) is 13.2 Å². The van der Waals surface area contributed by atoms with Crippen molar-refractivity contribution in [1.82, 2.24) is 0 Å². The minimum atomic E-state index is -2.83. The van der Waals surface area contributed by atoms with E-state index in [0.29, 0.717) is 0 Å². The molecule has 0 rings (SSSR count). The van der Waals surface area contributed by atoms with E-state index in [2.05, 4.69) is 4.74 Å². The molecule has 8 nitrogen and oxygen atoms in total. The third kappa shape index (κ3) is 7.08.